The Labute approximate surface area is 133 Å². The van der Waals surface area contributed by atoms with E-state index in [-0.39, 0.29) is 18.7 Å². The minimum Gasteiger partial charge on any atom is -0.497 e. The quantitative estimate of drug-likeness (QED) is 0.777. The van der Waals surface area contributed by atoms with E-state index in [1.807, 2.05) is 42.5 Å². The van der Waals surface area contributed by atoms with Crippen molar-refractivity contribution in [3.05, 3.63) is 65.7 Å². The van der Waals surface area contributed by atoms with Gasteiger partial charge in [0.2, 0.25) is 0 Å². The van der Waals surface area contributed by atoms with Crippen molar-refractivity contribution >= 4 is 0 Å². The van der Waals surface area contributed by atoms with Crippen LogP contribution in [-0.4, -0.2) is 18.8 Å². The maximum Gasteiger partial charge on any atom is 0.118 e. The SMILES string of the molecule is CCCC(NC(CO)c1ccccc1)c1ccc(OC)cc1. The van der Waals surface area contributed by atoms with Gasteiger partial charge in [-0.3, -0.25) is 0 Å². The molecule has 3 nitrogen and oxygen atoms in total. The second kappa shape index (κ2) is 8.57. The Balaban J connectivity index is 2.15. The molecule has 2 rings (SSSR count). The van der Waals surface area contributed by atoms with Gasteiger partial charge in [0.15, 0.2) is 0 Å². The Morgan fingerprint density at radius 1 is 0.955 bits per heavy atom. The molecule has 3 heteroatoms. The van der Waals surface area contributed by atoms with Gasteiger partial charge < -0.3 is 15.2 Å². The number of methoxy groups -OCH3 is 1. The van der Waals surface area contributed by atoms with Crippen molar-refractivity contribution in [3.8, 4) is 5.75 Å². The molecule has 0 fully saturated rings. The van der Waals surface area contributed by atoms with Gasteiger partial charge in [-0.25, -0.2) is 0 Å². The lowest BCUT2D eigenvalue weighted by atomic mass is 9.99. The number of rotatable bonds is 8. The third-order valence-corrected chi connectivity index (χ3v) is 3.88. The molecule has 2 atom stereocenters. The number of hydrogen-bond donors (Lipinski definition) is 2. The molecular formula is C19H25NO2. The average Bonchev–Trinajstić information content (AvgIpc) is 2.59. The van der Waals surface area contributed by atoms with Gasteiger partial charge >= 0.3 is 0 Å². The van der Waals surface area contributed by atoms with Crippen LogP contribution in [0.2, 0.25) is 0 Å². The standard InChI is InChI=1S/C19H25NO2/c1-3-7-18(16-10-12-17(22-2)13-11-16)20-19(14-21)15-8-5-4-6-9-15/h4-6,8-13,18-21H,3,7,14H2,1-2H3. The summed E-state index contributed by atoms with van der Waals surface area (Å²) in [4.78, 5) is 0. The van der Waals surface area contributed by atoms with E-state index in [1.165, 1.54) is 5.56 Å². The summed E-state index contributed by atoms with van der Waals surface area (Å²) in [6, 6.07) is 18.4. The fourth-order valence-electron chi connectivity index (χ4n) is 2.65. The highest BCUT2D eigenvalue weighted by atomic mass is 16.5. The second-order valence-corrected chi connectivity index (χ2v) is 5.43. The van der Waals surface area contributed by atoms with Gasteiger partial charge in [-0.2, -0.15) is 0 Å². The van der Waals surface area contributed by atoms with Crippen LogP contribution in [0.15, 0.2) is 54.6 Å². The van der Waals surface area contributed by atoms with Gasteiger partial charge in [0, 0.05) is 6.04 Å². The van der Waals surface area contributed by atoms with Crippen molar-refractivity contribution in [2.24, 2.45) is 0 Å². The number of aliphatic hydroxyl groups excluding tert-OH is 1. The molecule has 0 saturated carbocycles. The van der Waals surface area contributed by atoms with Crippen molar-refractivity contribution < 1.29 is 9.84 Å². The fourth-order valence-corrected chi connectivity index (χ4v) is 2.65. The van der Waals surface area contributed by atoms with Crippen molar-refractivity contribution in [1.29, 1.82) is 0 Å². The van der Waals surface area contributed by atoms with E-state index >= 15 is 0 Å². The molecule has 0 aromatic heterocycles. The van der Waals surface area contributed by atoms with Crippen LogP contribution in [0.25, 0.3) is 0 Å². The number of benzene rings is 2. The minimum absolute atomic E-state index is 0.0557. The van der Waals surface area contributed by atoms with Crippen molar-refractivity contribution in [2.75, 3.05) is 13.7 Å². The Hall–Kier alpha value is -1.84. The molecule has 0 aliphatic carbocycles. The Kier molecular flexibility index (Phi) is 6.44. The van der Waals surface area contributed by atoms with Crippen molar-refractivity contribution in [3.63, 3.8) is 0 Å². The molecule has 2 unspecified atom stereocenters. The normalized spacial score (nSPS) is 13.6. The van der Waals surface area contributed by atoms with E-state index in [2.05, 4.69) is 24.4 Å². The Bertz CT molecular complexity index is 539. The number of ether oxygens (including phenoxy) is 1. The molecule has 0 saturated heterocycles. The first-order chi connectivity index (χ1) is 10.8. The predicted octanol–water partition coefficient (Wildman–Crippen LogP) is 3.86. The molecule has 0 aliphatic heterocycles. The van der Waals surface area contributed by atoms with Crippen LogP contribution in [0, 0.1) is 0 Å². The summed E-state index contributed by atoms with van der Waals surface area (Å²) in [6.07, 6.45) is 2.10. The molecule has 118 valence electrons. The van der Waals surface area contributed by atoms with Crippen LogP contribution in [-0.2, 0) is 0 Å². The van der Waals surface area contributed by atoms with E-state index in [4.69, 9.17) is 4.74 Å². The highest BCUT2D eigenvalue weighted by molar-refractivity contribution is 5.29. The number of hydrogen-bond acceptors (Lipinski definition) is 3. The Morgan fingerprint density at radius 3 is 2.14 bits per heavy atom. The molecule has 0 heterocycles. The van der Waals surface area contributed by atoms with Gasteiger partial charge in [-0.1, -0.05) is 55.8 Å². The van der Waals surface area contributed by atoms with Gasteiger partial charge in [0.25, 0.3) is 0 Å². The summed E-state index contributed by atoms with van der Waals surface area (Å²) in [7, 11) is 1.67. The smallest absolute Gasteiger partial charge is 0.118 e. The van der Waals surface area contributed by atoms with E-state index in [9.17, 15) is 5.11 Å². The zero-order valence-electron chi connectivity index (χ0n) is 13.3. The molecule has 0 bridgehead atoms. The zero-order valence-corrected chi connectivity index (χ0v) is 13.3. The molecule has 0 spiro atoms. The van der Waals surface area contributed by atoms with E-state index in [0.29, 0.717) is 0 Å². The first-order valence-electron chi connectivity index (χ1n) is 7.84. The summed E-state index contributed by atoms with van der Waals surface area (Å²) < 4.78 is 5.22. The summed E-state index contributed by atoms with van der Waals surface area (Å²) in [5.41, 5.74) is 2.33. The molecule has 0 amide bonds. The van der Waals surface area contributed by atoms with Crippen LogP contribution < -0.4 is 10.1 Å². The highest BCUT2D eigenvalue weighted by Gasteiger charge is 2.17. The molecular weight excluding hydrogens is 274 g/mol. The van der Waals surface area contributed by atoms with E-state index in [1.54, 1.807) is 7.11 Å². The third kappa shape index (κ3) is 4.33. The topological polar surface area (TPSA) is 41.5 Å². The maximum absolute atomic E-state index is 9.74. The third-order valence-electron chi connectivity index (χ3n) is 3.88. The largest absolute Gasteiger partial charge is 0.497 e. The molecule has 0 radical (unpaired) electrons. The van der Waals surface area contributed by atoms with Crippen LogP contribution in [0.3, 0.4) is 0 Å². The van der Waals surface area contributed by atoms with Crippen LogP contribution in [0.5, 0.6) is 5.75 Å². The van der Waals surface area contributed by atoms with Gasteiger partial charge in [0.05, 0.1) is 19.8 Å². The van der Waals surface area contributed by atoms with Gasteiger partial charge in [-0.15, -0.1) is 0 Å². The highest BCUT2D eigenvalue weighted by Crippen LogP contribution is 2.25. The minimum atomic E-state index is -0.0557. The summed E-state index contributed by atoms with van der Waals surface area (Å²) in [6.45, 7) is 2.26. The van der Waals surface area contributed by atoms with Gasteiger partial charge in [0.1, 0.15) is 5.75 Å². The van der Waals surface area contributed by atoms with Crippen LogP contribution in [0.1, 0.15) is 43.0 Å². The van der Waals surface area contributed by atoms with Crippen LogP contribution in [0.4, 0.5) is 0 Å². The van der Waals surface area contributed by atoms with Crippen molar-refractivity contribution in [1.82, 2.24) is 5.32 Å². The molecule has 22 heavy (non-hydrogen) atoms. The molecule has 2 aromatic rings. The monoisotopic (exact) mass is 299 g/mol. The zero-order chi connectivity index (χ0) is 15.8. The first kappa shape index (κ1) is 16.5. The lowest BCUT2D eigenvalue weighted by molar-refractivity contribution is 0.230. The number of aliphatic hydroxyl groups is 1. The molecule has 0 aliphatic rings. The predicted molar refractivity (Wildman–Crippen MR) is 90.0 cm³/mol. The second-order valence-electron chi connectivity index (χ2n) is 5.43. The lowest BCUT2D eigenvalue weighted by Crippen LogP contribution is -2.29. The summed E-state index contributed by atoms with van der Waals surface area (Å²) in [5, 5.41) is 13.3. The Morgan fingerprint density at radius 2 is 1.59 bits per heavy atom. The van der Waals surface area contributed by atoms with E-state index in [0.717, 1.165) is 24.2 Å². The molecule has 2 aromatic carbocycles. The maximum atomic E-state index is 9.74. The number of nitrogens with one attached hydrogen (secondary N) is 1. The average molecular weight is 299 g/mol. The first-order valence-corrected chi connectivity index (χ1v) is 7.84. The van der Waals surface area contributed by atoms with Gasteiger partial charge in [-0.05, 0) is 29.7 Å². The molecule has 2 N–H and O–H groups in total. The van der Waals surface area contributed by atoms with E-state index < -0.39 is 0 Å². The fraction of sp³-hybridized carbons (Fsp3) is 0.368. The van der Waals surface area contributed by atoms with Crippen LogP contribution >= 0.6 is 0 Å². The summed E-state index contributed by atoms with van der Waals surface area (Å²) >= 11 is 0. The van der Waals surface area contributed by atoms with Crippen molar-refractivity contribution in [2.45, 2.75) is 31.8 Å². The summed E-state index contributed by atoms with van der Waals surface area (Å²) in [5.74, 6) is 0.862. The lowest BCUT2D eigenvalue weighted by Gasteiger charge is -2.25.